The average molecular weight is 333 g/mol. The summed E-state index contributed by atoms with van der Waals surface area (Å²) in [6.45, 7) is 3.40. The molecule has 0 spiro atoms. The van der Waals surface area contributed by atoms with E-state index in [1.54, 1.807) is 0 Å². The predicted octanol–water partition coefficient (Wildman–Crippen LogP) is 4.23. The van der Waals surface area contributed by atoms with Crippen LogP contribution in [0.4, 0.5) is 28.8 Å². The summed E-state index contributed by atoms with van der Waals surface area (Å²) < 4.78 is 0. The lowest BCUT2D eigenvalue weighted by molar-refractivity contribution is -0.114. The van der Waals surface area contributed by atoms with Crippen LogP contribution in [-0.4, -0.2) is 15.9 Å². The van der Waals surface area contributed by atoms with Crippen LogP contribution in [0.5, 0.6) is 0 Å². The molecular weight excluding hydrogens is 314 g/mol. The number of aromatic nitrogens is 2. The van der Waals surface area contributed by atoms with E-state index in [1.807, 2.05) is 67.6 Å². The van der Waals surface area contributed by atoms with E-state index in [4.69, 9.17) is 0 Å². The van der Waals surface area contributed by atoms with Crippen molar-refractivity contribution in [1.82, 2.24) is 9.97 Å². The highest BCUT2D eigenvalue weighted by molar-refractivity contribution is 5.88. The maximum absolute atomic E-state index is 11.1. The van der Waals surface area contributed by atoms with Gasteiger partial charge >= 0.3 is 0 Å². The summed E-state index contributed by atoms with van der Waals surface area (Å²) in [6.07, 6.45) is 0. The second kappa shape index (κ2) is 7.44. The molecule has 0 aliphatic rings. The van der Waals surface area contributed by atoms with Crippen LogP contribution in [0, 0.1) is 6.92 Å². The zero-order valence-electron chi connectivity index (χ0n) is 14.1. The lowest BCUT2D eigenvalue weighted by Crippen LogP contribution is -2.05. The van der Waals surface area contributed by atoms with Gasteiger partial charge in [0.1, 0.15) is 5.82 Å². The Balaban J connectivity index is 1.75. The van der Waals surface area contributed by atoms with Crippen LogP contribution in [-0.2, 0) is 4.79 Å². The van der Waals surface area contributed by atoms with Gasteiger partial charge in [-0.2, -0.15) is 4.98 Å². The van der Waals surface area contributed by atoms with Gasteiger partial charge in [-0.05, 0) is 43.3 Å². The van der Waals surface area contributed by atoms with Crippen molar-refractivity contribution in [2.24, 2.45) is 0 Å². The van der Waals surface area contributed by atoms with E-state index in [1.165, 1.54) is 6.92 Å². The van der Waals surface area contributed by atoms with E-state index in [9.17, 15) is 4.79 Å². The summed E-state index contributed by atoms with van der Waals surface area (Å²) in [6, 6.07) is 19.1. The molecule has 1 amide bonds. The number of para-hydroxylation sites is 1. The standard InChI is InChI=1S/C19H19N5O/c1-13-12-18(22-17-10-8-16(9-11-17)21-14(2)25)24-19(20-13)23-15-6-4-3-5-7-15/h3-12H,1-2H3,(H,21,25)(H2,20,22,23,24). The summed E-state index contributed by atoms with van der Waals surface area (Å²) >= 11 is 0. The maximum atomic E-state index is 11.1. The third-order valence-corrected chi connectivity index (χ3v) is 3.36. The molecule has 3 N–H and O–H groups in total. The Bertz CT molecular complexity index is 863. The molecule has 1 aromatic heterocycles. The number of carbonyl (C=O) groups is 1. The molecule has 0 fully saturated rings. The molecule has 3 rings (SSSR count). The molecule has 0 aliphatic carbocycles. The van der Waals surface area contributed by atoms with E-state index in [-0.39, 0.29) is 5.91 Å². The monoisotopic (exact) mass is 333 g/mol. The fraction of sp³-hybridized carbons (Fsp3) is 0.105. The first-order valence-corrected chi connectivity index (χ1v) is 7.91. The molecule has 2 aromatic carbocycles. The Morgan fingerprint density at radius 2 is 1.48 bits per heavy atom. The fourth-order valence-corrected chi connectivity index (χ4v) is 2.33. The molecule has 126 valence electrons. The third-order valence-electron chi connectivity index (χ3n) is 3.36. The molecule has 0 saturated carbocycles. The number of carbonyl (C=O) groups excluding carboxylic acids is 1. The minimum Gasteiger partial charge on any atom is -0.340 e. The number of nitrogens with one attached hydrogen (secondary N) is 3. The SMILES string of the molecule is CC(=O)Nc1ccc(Nc2cc(C)nc(Nc3ccccc3)n2)cc1. The van der Waals surface area contributed by atoms with Crippen LogP contribution >= 0.6 is 0 Å². The number of benzene rings is 2. The summed E-state index contributed by atoms with van der Waals surface area (Å²) in [5.74, 6) is 1.13. The number of nitrogens with zero attached hydrogens (tertiary/aromatic N) is 2. The molecule has 0 radical (unpaired) electrons. The van der Waals surface area contributed by atoms with Crippen LogP contribution in [0.2, 0.25) is 0 Å². The summed E-state index contributed by atoms with van der Waals surface area (Å²) in [4.78, 5) is 20.0. The zero-order valence-corrected chi connectivity index (χ0v) is 14.1. The number of hydrogen-bond donors (Lipinski definition) is 3. The van der Waals surface area contributed by atoms with Crippen molar-refractivity contribution in [3.8, 4) is 0 Å². The third kappa shape index (κ3) is 4.78. The van der Waals surface area contributed by atoms with E-state index in [2.05, 4.69) is 25.9 Å². The summed E-state index contributed by atoms with van der Waals surface area (Å²) in [7, 11) is 0. The summed E-state index contributed by atoms with van der Waals surface area (Å²) in [5, 5.41) is 9.18. The minimum absolute atomic E-state index is 0.0937. The van der Waals surface area contributed by atoms with Gasteiger partial charge in [-0.25, -0.2) is 4.98 Å². The zero-order chi connectivity index (χ0) is 17.6. The fourth-order valence-electron chi connectivity index (χ4n) is 2.33. The second-order valence-electron chi connectivity index (χ2n) is 5.59. The van der Waals surface area contributed by atoms with Crippen LogP contribution in [0.15, 0.2) is 60.7 Å². The van der Waals surface area contributed by atoms with Crippen LogP contribution < -0.4 is 16.0 Å². The number of amides is 1. The first-order chi connectivity index (χ1) is 12.1. The minimum atomic E-state index is -0.0937. The van der Waals surface area contributed by atoms with Crippen molar-refractivity contribution in [3.05, 3.63) is 66.4 Å². The molecule has 0 saturated heterocycles. The van der Waals surface area contributed by atoms with Crippen LogP contribution in [0.25, 0.3) is 0 Å². The van der Waals surface area contributed by atoms with Crippen molar-refractivity contribution in [2.45, 2.75) is 13.8 Å². The number of rotatable bonds is 5. The topological polar surface area (TPSA) is 78.9 Å². The van der Waals surface area contributed by atoms with Gasteiger partial charge in [0.05, 0.1) is 0 Å². The van der Waals surface area contributed by atoms with Gasteiger partial charge in [0, 0.05) is 35.7 Å². The Labute approximate surface area is 146 Å². The highest BCUT2D eigenvalue weighted by Crippen LogP contribution is 2.20. The van der Waals surface area contributed by atoms with Crippen LogP contribution in [0.1, 0.15) is 12.6 Å². The van der Waals surface area contributed by atoms with Gasteiger partial charge in [-0.15, -0.1) is 0 Å². The first-order valence-electron chi connectivity index (χ1n) is 7.91. The molecular formula is C19H19N5O. The highest BCUT2D eigenvalue weighted by Gasteiger charge is 2.04. The molecule has 1 heterocycles. The van der Waals surface area contributed by atoms with Crippen molar-refractivity contribution in [2.75, 3.05) is 16.0 Å². The van der Waals surface area contributed by atoms with E-state index >= 15 is 0 Å². The largest absolute Gasteiger partial charge is 0.340 e. The van der Waals surface area contributed by atoms with E-state index < -0.39 is 0 Å². The van der Waals surface area contributed by atoms with Gasteiger partial charge < -0.3 is 16.0 Å². The van der Waals surface area contributed by atoms with Crippen LogP contribution in [0.3, 0.4) is 0 Å². The van der Waals surface area contributed by atoms with Crippen molar-refractivity contribution in [3.63, 3.8) is 0 Å². The lowest BCUT2D eigenvalue weighted by Gasteiger charge is -2.10. The van der Waals surface area contributed by atoms with Crippen molar-refractivity contribution >= 4 is 34.7 Å². The van der Waals surface area contributed by atoms with Gasteiger partial charge in [0.15, 0.2) is 0 Å². The first kappa shape index (κ1) is 16.4. The molecule has 0 aliphatic heterocycles. The molecule has 6 heteroatoms. The Kier molecular flexibility index (Phi) is 4.89. The number of hydrogen-bond acceptors (Lipinski definition) is 5. The number of aryl methyl sites for hydroxylation is 1. The molecule has 0 unspecified atom stereocenters. The van der Waals surface area contributed by atoms with E-state index in [0.717, 1.165) is 22.8 Å². The van der Waals surface area contributed by atoms with E-state index in [0.29, 0.717) is 11.8 Å². The summed E-state index contributed by atoms with van der Waals surface area (Å²) in [5.41, 5.74) is 3.41. The molecule has 0 atom stereocenters. The Morgan fingerprint density at radius 1 is 0.840 bits per heavy atom. The number of anilines is 5. The molecule has 6 nitrogen and oxygen atoms in total. The van der Waals surface area contributed by atoms with Crippen molar-refractivity contribution < 1.29 is 4.79 Å². The molecule has 25 heavy (non-hydrogen) atoms. The lowest BCUT2D eigenvalue weighted by atomic mass is 10.2. The normalized spacial score (nSPS) is 10.2. The van der Waals surface area contributed by atoms with Crippen molar-refractivity contribution in [1.29, 1.82) is 0 Å². The van der Waals surface area contributed by atoms with Gasteiger partial charge in [0.25, 0.3) is 0 Å². The molecule has 0 bridgehead atoms. The van der Waals surface area contributed by atoms with Gasteiger partial charge in [-0.3, -0.25) is 4.79 Å². The second-order valence-corrected chi connectivity index (χ2v) is 5.59. The quantitative estimate of drug-likeness (QED) is 0.651. The highest BCUT2D eigenvalue weighted by atomic mass is 16.1. The molecule has 3 aromatic rings. The van der Waals surface area contributed by atoms with Gasteiger partial charge in [-0.1, -0.05) is 18.2 Å². The smallest absolute Gasteiger partial charge is 0.229 e. The Morgan fingerprint density at radius 3 is 2.16 bits per heavy atom. The maximum Gasteiger partial charge on any atom is 0.229 e. The Hall–Kier alpha value is -3.41. The predicted molar refractivity (Wildman–Crippen MR) is 101 cm³/mol. The van der Waals surface area contributed by atoms with Gasteiger partial charge in [0.2, 0.25) is 11.9 Å². The average Bonchev–Trinajstić information content (AvgIpc) is 2.56.